The second-order valence-electron chi connectivity index (χ2n) is 3.88. The molecule has 21 heavy (non-hydrogen) atoms. The number of pyridine rings is 1. The van der Waals surface area contributed by atoms with Gasteiger partial charge in [0.1, 0.15) is 21.6 Å². The zero-order valence-electron chi connectivity index (χ0n) is 10.1. The molecule has 0 bridgehead atoms. The fourth-order valence-electron chi connectivity index (χ4n) is 1.44. The number of anilines is 2. The van der Waals surface area contributed by atoms with E-state index in [4.69, 9.17) is 17.3 Å². The Labute approximate surface area is 132 Å². The predicted molar refractivity (Wildman–Crippen MR) is 78.5 cm³/mol. The molecule has 2 rings (SSSR count). The molecule has 0 saturated carbocycles. The van der Waals surface area contributed by atoms with Crippen molar-refractivity contribution in [1.29, 1.82) is 0 Å². The second-order valence-corrected chi connectivity index (χ2v) is 6.74. The van der Waals surface area contributed by atoms with Gasteiger partial charge >= 0.3 is 0 Å². The number of benzene rings is 1. The molecule has 1 aromatic heterocycles. The molecule has 0 fully saturated rings. The monoisotopic (exact) mass is 397 g/mol. The van der Waals surface area contributed by atoms with E-state index in [1.807, 2.05) is 0 Å². The number of halogens is 4. The Morgan fingerprint density at radius 1 is 1.33 bits per heavy atom. The minimum atomic E-state index is -4.29. The molecule has 0 aliphatic rings. The molecule has 1 aromatic carbocycles. The van der Waals surface area contributed by atoms with E-state index in [0.717, 1.165) is 18.3 Å². The number of aromatic nitrogens is 1. The number of nitrogens with one attached hydrogen (secondary N) is 1. The first kappa shape index (κ1) is 15.9. The summed E-state index contributed by atoms with van der Waals surface area (Å²) in [6.45, 7) is 0. The van der Waals surface area contributed by atoms with Crippen molar-refractivity contribution < 1.29 is 17.2 Å². The smallest absolute Gasteiger partial charge is 0.264 e. The van der Waals surface area contributed by atoms with Gasteiger partial charge in [0, 0.05) is 0 Å². The van der Waals surface area contributed by atoms with Gasteiger partial charge in [-0.05, 0) is 34.1 Å². The van der Waals surface area contributed by atoms with Gasteiger partial charge < -0.3 is 5.73 Å². The summed E-state index contributed by atoms with van der Waals surface area (Å²) in [6, 6.07) is 2.89. The summed E-state index contributed by atoms with van der Waals surface area (Å²) < 4.78 is 53.4. The quantitative estimate of drug-likeness (QED) is 0.614. The van der Waals surface area contributed by atoms with Crippen molar-refractivity contribution >= 4 is 48.9 Å². The van der Waals surface area contributed by atoms with Crippen molar-refractivity contribution in [2.45, 2.75) is 4.90 Å². The molecule has 0 amide bonds. The lowest BCUT2D eigenvalue weighted by Gasteiger charge is -2.10. The highest BCUT2D eigenvalue weighted by atomic mass is 79.9. The molecule has 0 radical (unpaired) electrons. The zero-order chi connectivity index (χ0) is 15.8. The van der Waals surface area contributed by atoms with E-state index in [-0.39, 0.29) is 10.8 Å². The van der Waals surface area contributed by atoms with Crippen LogP contribution in [-0.4, -0.2) is 13.4 Å². The topological polar surface area (TPSA) is 85.1 Å². The third-order valence-electron chi connectivity index (χ3n) is 2.43. The van der Waals surface area contributed by atoms with Gasteiger partial charge in [-0.3, -0.25) is 4.72 Å². The van der Waals surface area contributed by atoms with E-state index in [9.17, 15) is 17.2 Å². The number of nitrogens with two attached hydrogens (primary N) is 1. The summed E-state index contributed by atoms with van der Waals surface area (Å²) >= 11 is 8.75. The summed E-state index contributed by atoms with van der Waals surface area (Å²) in [5.74, 6) is -2.40. The van der Waals surface area contributed by atoms with Crippen LogP contribution in [0.2, 0.25) is 5.15 Å². The van der Waals surface area contributed by atoms with Crippen LogP contribution in [0.25, 0.3) is 0 Å². The molecule has 0 aliphatic heterocycles. The van der Waals surface area contributed by atoms with Gasteiger partial charge in [-0.2, -0.15) is 0 Å². The highest BCUT2D eigenvalue weighted by Crippen LogP contribution is 2.27. The molecule has 0 spiro atoms. The maximum Gasteiger partial charge on any atom is 0.264 e. The second kappa shape index (κ2) is 5.74. The number of rotatable bonds is 3. The van der Waals surface area contributed by atoms with Crippen LogP contribution in [0.3, 0.4) is 0 Å². The minimum absolute atomic E-state index is 0.0496. The maximum atomic E-state index is 13.8. The average Bonchev–Trinajstić information content (AvgIpc) is 2.39. The van der Waals surface area contributed by atoms with E-state index < -0.39 is 32.2 Å². The molecule has 0 atom stereocenters. The van der Waals surface area contributed by atoms with Gasteiger partial charge in [0.25, 0.3) is 10.0 Å². The molecule has 0 saturated heterocycles. The van der Waals surface area contributed by atoms with Crippen LogP contribution >= 0.6 is 27.5 Å². The summed E-state index contributed by atoms with van der Waals surface area (Å²) in [7, 11) is -4.29. The third kappa shape index (κ3) is 3.25. The molecule has 5 nitrogen and oxygen atoms in total. The van der Waals surface area contributed by atoms with Crippen molar-refractivity contribution in [3.63, 3.8) is 0 Å². The summed E-state index contributed by atoms with van der Waals surface area (Å²) in [5, 5.41) is 0.134. The minimum Gasteiger partial charge on any atom is -0.394 e. The van der Waals surface area contributed by atoms with Crippen LogP contribution in [0, 0.1) is 11.6 Å². The fraction of sp³-hybridized carbons (Fsp3) is 0. The van der Waals surface area contributed by atoms with E-state index >= 15 is 0 Å². The van der Waals surface area contributed by atoms with Crippen LogP contribution in [0.5, 0.6) is 0 Å². The van der Waals surface area contributed by atoms with Crippen LogP contribution in [0.1, 0.15) is 0 Å². The standard InChI is InChI=1S/C11H7BrClF2N3O2S/c12-6-3-5(4-17-11(6)13)18-21(19,20)8-2-1-7(14)10(16)9(8)15/h1-4,18H,16H2. The molecular formula is C11H7BrClF2N3O2S. The van der Waals surface area contributed by atoms with Gasteiger partial charge in [0.2, 0.25) is 0 Å². The predicted octanol–water partition coefficient (Wildman–Crippen LogP) is 3.16. The van der Waals surface area contributed by atoms with Crippen LogP contribution in [-0.2, 0) is 10.0 Å². The van der Waals surface area contributed by atoms with Crippen LogP contribution < -0.4 is 10.5 Å². The summed E-state index contributed by atoms with van der Waals surface area (Å²) in [5.41, 5.74) is 4.32. The lowest BCUT2D eigenvalue weighted by atomic mass is 10.3. The third-order valence-corrected chi connectivity index (χ3v) is 4.96. The van der Waals surface area contributed by atoms with Crippen molar-refractivity contribution in [1.82, 2.24) is 4.98 Å². The average molecular weight is 399 g/mol. The van der Waals surface area contributed by atoms with Gasteiger partial charge in [-0.15, -0.1) is 0 Å². The number of nitrogen functional groups attached to an aromatic ring is 1. The number of hydrogen-bond acceptors (Lipinski definition) is 4. The Bertz CT molecular complexity index is 817. The SMILES string of the molecule is Nc1c(F)ccc(S(=O)(=O)Nc2cnc(Cl)c(Br)c2)c1F. The van der Waals surface area contributed by atoms with E-state index in [0.29, 0.717) is 4.47 Å². The number of nitrogens with zero attached hydrogens (tertiary/aromatic N) is 1. The van der Waals surface area contributed by atoms with Crippen LogP contribution in [0.15, 0.2) is 33.8 Å². The van der Waals surface area contributed by atoms with Crippen molar-refractivity contribution in [2.24, 2.45) is 0 Å². The molecule has 10 heteroatoms. The zero-order valence-corrected chi connectivity index (χ0v) is 13.2. The number of sulfonamides is 1. The summed E-state index contributed by atoms with van der Waals surface area (Å²) in [4.78, 5) is 2.95. The molecule has 112 valence electrons. The molecule has 3 N–H and O–H groups in total. The molecule has 0 aliphatic carbocycles. The molecule has 0 unspecified atom stereocenters. The van der Waals surface area contributed by atoms with Gasteiger partial charge in [0.15, 0.2) is 5.82 Å². The Balaban J connectivity index is 2.43. The van der Waals surface area contributed by atoms with Gasteiger partial charge in [0.05, 0.1) is 16.4 Å². The first-order valence-corrected chi connectivity index (χ1v) is 7.95. The molecular weight excluding hydrogens is 392 g/mol. The van der Waals surface area contributed by atoms with Gasteiger partial charge in [-0.25, -0.2) is 22.2 Å². The Kier molecular flexibility index (Phi) is 4.35. The first-order valence-electron chi connectivity index (χ1n) is 5.29. The van der Waals surface area contributed by atoms with Gasteiger partial charge in [-0.1, -0.05) is 11.6 Å². The van der Waals surface area contributed by atoms with Crippen molar-refractivity contribution in [2.75, 3.05) is 10.5 Å². The highest BCUT2D eigenvalue weighted by Gasteiger charge is 2.23. The van der Waals surface area contributed by atoms with E-state index in [2.05, 4.69) is 25.6 Å². The first-order chi connectivity index (χ1) is 9.72. The largest absolute Gasteiger partial charge is 0.394 e. The Hall–Kier alpha value is -1.45. The number of hydrogen-bond donors (Lipinski definition) is 2. The normalized spacial score (nSPS) is 11.4. The lowest BCUT2D eigenvalue weighted by molar-refractivity contribution is 0.557. The summed E-state index contributed by atoms with van der Waals surface area (Å²) in [6.07, 6.45) is 1.15. The van der Waals surface area contributed by atoms with E-state index in [1.165, 1.54) is 6.07 Å². The Morgan fingerprint density at radius 3 is 2.62 bits per heavy atom. The molecule has 2 aromatic rings. The highest BCUT2D eigenvalue weighted by molar-refractivity contribution is 9.10. The van der Waals surface area contributed by atoms with Crippen molar-refractivity contribution in [3.05, 3.63) is 45.7 Å². The lowest BCUT2D eigenvalue weighted by Crippen LogP contribution is -2.16. The van der Waals surface area contributed by atoms with E-state index in [1.54, 1.807) is 0 Å². The maximum absolute atomic E-state index is 13.8. The Morgan fingerprint density at radius 2 is 2.00 bits per heavy atom. The molecule has 1 heterocycles. The van der Waals surface area contributed by atoms with Crippen LogP contribution in [0.4, 0.5) is 20.2 Å². The van der Waals surface area contributed by atoms with Crippen molar-refractivity contribution in [3.8, 4) is 0 Å². The fourth-order valence-corrected chi connectivity index (χ4v) is 3.02.